The van der Waals surface area contributed by atoms with Gasteiger partial charge in [-0.2, -0.15) is 0 Å². The van der Waals surface area contributed by atoms with E-state index in [0.29, 0.717) is 54.7 Å². The first-order valence-corrected chi connectivity index (χ1v) is 28.3. The molecule has 3 aromatic rings. The maximum atomic E-state index is 14.9. The molecule has 6 amide bonds. The minimum atomic E-state index is -1.49. The Labute approximate surface area is 486 Å². The SMILES string of the molecule is COc1ccc(CC[C@H]2OC(=O)[C@@H]3CCCCN3C(=O)C(=O)C(C)(C)COC(=O)C=CCCN(C)C(=O)[C@@H]3CCCN3C(=O)[C@H](COC(C)(C)C)N(C)C(=O)C(c3ccccc3)NC(=O)[C@H](C)N(C)C(=O)COc3cccc2c3)cc1OC. The topological polar surface area (TPSA) is 237 Å². The molecule has 3 aromatic carbocycles. The number of ketones is 1. The average molecular weight is 1150 g/mol. The first kappa shape index (κ1) is 64.4. The molecule has 450 valence electrons. The molecule has 0 spiro atoms. The van der Waals surface area contributed by atoms with Crippen LogP contribution in [-0.2, 0) is 63.8 Å². The lowest BCUT2D eigenvalue weighted by Crippen LogP contribution is -2.58. The number of Topliss-reactive ketones (excluding diaryl/α,β-unsaturated/α-hetero) is 1. The number of ether oxygens (including phenoxy) is 6. The van der Waals surface area contributed by atoms with Gasteiger partial charge in [0.15, 0.2) is 18.1 Å². The molecule has 1 unspecified atom stereocenters. The third kappa shape index (κ3) is 16.9. The number of hydrogen-bond donors (Lipinski definition) is 1. The van der Waals surface area contributed by atoms with Crippen LogP contribution >= 0.6 is 0 Å². The van der Waals surface area contributed by atoms with Crippen molar-refractivity contribution in [2.24, 2.45) is 5.41 Å². The van der Waals surface area contributed by atoms with Crippen LogP contribution in [-0.4, -0.2) is 182 Å². The van der Waals surface area contributed by atoms with Gasteiger partial charge >= 0.3 is 11.9 Å². The van der Waals surface area contributed by atoms with Crippen molar-refractivity contribution >= 4 is 53.2 Å². The monoisotopic (exact) mass is 1150 g/mol. The summed E-state index contributed by atoms with van der Waals surface area (Å²) in [6, 6.07) is 14.9. The number of nitrogens with zero attached hydrogens (tertiary/aromatic N) is 5. The summed E-state index contributed by atoms with van der Waals surface area (Å²) in [7, 11) is 7.52. The third-order valence-corrected chi connectivity index (χ3v) is 15.3. The zero-order valence-electron chi connectivity index (χ0n) is 49.8. The Morgan fingerprint density at radius 3 is 2.10 bits per heavy atom. The van der Waals surface area contributed by atoms with E-state index in [1.807, 2.05) is 32.9 Å². The van der Waals surface area contributed by atoms with Gasteiger partial charge in [0.1, 0.15) is 48.7 Å². The van der Waals surface area contributed by atoms with E-state index in [9.17, 15) is 43.2 Å². The van der Waals surface area contributed by atoms with Gasteiger partial charge in [0.25, 0.3) is 11.8 Å². The highest BCUT2D eigenvalue weighted by Crippen LogP contribution is 2.33. The molecule has 83 heavy (non-hydrogen) atoms. The summed E-state index contributed by atoms with van der Waals surface area (Å²) >= 11 is 0. The van der Waals surface area contributed by atoms with Gasteiger partial charge in [0, 0.05) is 46.9 Å². The van der Waals surface area contributed by atoms with Crippen LogP contribution in [0.5, 0.6) is 17.2 Å². The van der Waals surface area contributed by atoms with E-state index in [1.165, 1.54) is 85.7 Å². The quantitative estimate of drug-likeness (QED) is 0.214. The number of benzene rings is 3. The van der Waals surface area contributed by atoms with Crippen LogP contribution in [0, 0.1) is 5.41 Å². The fraction of sp³-hybridized carbons (Fsp3) is 0.532. The van der Waals surface area contributed by atoms with Crippen LogP contribution in [0.15, 0.2) is 84.9 Å². The van der Waals surface area contributed by atoms with Crippen molar-refractivity contribution in [1.29, 1.82) is 0 Å². The maximum absolute atomic E-state index is 14.9. The van der Waals surface area contributed by atoms with Crippen molar-refractivity contribution in [1.82, 2.24) is 29.8 Å². The summed E-state index contributed by atoms with van der Waals surface area (Å²) in [6.45, 7) is 9.17. The van der Waals surface area contributed by atoms with Crippen molar-refractivity contribution in [3.05, 3.63) is 102 Å². The molecule has 3 heterocycles. The number of cyclic esters (lactones) is 2. The van der Waals surface area contributed by atoms with Gasteiger partial charge in [-0.05, 0) is 134 Å². The lowest BCUT2D eigenvalue weighted by Gasteiger charge is -2.37. The minimum Gasteiger partial charge on any atom is -0.493 e. The highest BCUT2D eigenvalue weighted by Gasteiger charge is 2.44. The summed E-state index contributed by atoms with van der Waals surface area (Å²) < 4.78 is 35.0. The molecule has 0 radical (unpaired) electrons. The summed E-state index contributed by atoms with van der Waals surface area (Å²) in [4.78, 5) is 134. The summed E-state index contributed by atoms with van der Waals surface area (Å²) in [5, 5.41) is 2.83. The molecule has 2 fully saturated rings. The molecule has 21 nitrogen and oxygen atoms in total. The molecule has 3 aliphatic rings. The minimum absolute atomic E-state index is 0.105. The molecular formula is C62H82N6O15. The van der Waals surface area contributed by atoms with E-state index in [4.69, 9.17) is 28.4 Å². The van der Waals surface area contributed by atoms with E-state index in [0.717, 1.165) is 5.56 Å². The van der Waals surface area contributed by atoms with E-state index in [2.05, 4.69) is 5.32 Å². The number of piperidine rings is 1. The molecule has 6 rings (SSSR count). The first-order chi connectivity index (χ1) is 39.3. The number of aryl methyl sites for hydroxylation is 1. The second-order valence-electron chi connectivity index (χ2n) is 22.9. The standard InChI is InChI=1S/C62H82N6O15/c1-40-55(72)63-53(42-21-13-12-14-22-42)58(75)66(9)47(37-82-61(2,3)4)57(74)67-34-20-26-45(67)56(73)64(7)32-17-16-27-52(70)81-39-62(5,6)54(71)59(76)68-33-18-15-25-46(68)60(77)83-48(30-28-41-29-31-49(78-10)50(35-41)79-11)43-23-19-24-44(36-43)80-38-51(69)65(40)8/h12-14,16,19,21-24,27,29,31,35-36,40,45-48,53H,15,17-18,20,25-26,28,30,32-34,37-39H2,1-11H3,(H,63,72)/t40-,45-,46-,47-,48+,53?/m0/s1. The van der Waals surface area contributed by atoms with Gasteiger partial charge < -0.3 is 58.2 Å². The van der Waals surface area contributed by atoms with Crippen molar-refractivity contribution in [3.63, 3.8) is 0 Å². The summed E-state index contributed by atoms with van der Waals surface area (Å²) in [5.41, 5.74) is -0.492. The normalized spacial score (nSPS) is 23.8. The summed E-state index contributed by atoms with van der Waals surface area (Å²) in [5.74, 6) is -4.84. The molecule has 0 aliphatic carbocycles. The Kier molecular flexibility index (Phi) is 22.4. The number of fused-ring (bicyclic) bond motifs is 4. The number of nitrogens with one attached hydrogen (secondary N) is 1. The van der Waals surface area contributed by atoms with Gasteiger partial charge in [-0.1, -0.05) is 54.6 Å². The number of likely N-dealkylation sites (N-methyl/N-ethyl adjacent to an activating group) is 3. The van der Waals surface area contributed by atoms with E-state index in [-0.39, 0.29) is 57.2 Å². The van der Waals surface area contributed by atoms with Gasteiger partial charge in [-0.3, -0.25) is 33.6 Å². The highest BCUT2D eigenvalue weighted by molar-refractivity contribution is 6.38. The Balaban J connectivity index is 1.32. The Hall–Kier alpha value is -7.81. The van der Waals surface area contributed by atoms with Crippen molar-refractivity contribution < 1.29 is 71.6 Å². The number of rotatable bonds is 8. The van der Waals surface area contributed by atoms with Crippen LogP contribution in [0.1, 0.15) is 115 Å². The lowest BCUT2D eigenvalue weighted by atomic mass is 9.87. The van der Waals surface area contributed by atoms with E-state index >= 15 is 0 Å². The van der Waals surface area contributed by atoms with Crippen LogP contribution in [0.2, 0.25) is 0 Å². The molecule has 0 saturated carbocycles. The molecule has 6 atom stereocenters. The first-order valence-electron chi connectivity index (χ1n) is 28.3. The maximum Gasteiger partial charge on any atom is 0.330 e. The second kappa shape index (κ2) is 28.9. The molecule has 1 N–H and O–H groups in total. The van der Waals surface area contributed by atoms with Crippen LogP contribution in [0.4, 0.5) is 0 Å². The smallest absolute Gasteiger partial charge is 0.330 e. The Morgan fingerprint density at radius 2 is 1.40 bits per heavy atom. The number of esters is 2. The molecule has 0 aromatic heterocycles. The van der Waals surface area contributed by atoms with Gasteiger partial charge in [-0.15, -0.1) is 0 Å². The predicted molar refractivity (Wildman–Crippen MR) is 306 cm³/mol. The zero-order chi connectivity index (χ0) is 60.8. The molecular weight excluding hydrogens is 1070 g/mol. The Morgan fingerprint density at radius 1 is 0.711 bits per heavy atom. The number of carbonyl (C=O) groups is 9. The number of amides is 6. The molecule has 2 saturated heterocycles. The molecule has 3 aliphatic heterocycles. The molecule has 2 bridgehead atoms. The largest absolute Gasteiger partial charge is 0.493 e. The van der Waals surface area contributed by atoms with Crippen LogP contribution < -0.4 is 19.5 Å². The zero-order valence-corrected chi connectivity index (χ0v) is 49.8. The molecule has 21 heteroatoms. The van der Waals surface area contributed by atoms with Crippen LogP contribution in [0.25, 0.3) is 0 Å². The van der Waals surface area contributed by atoms with Crippen molar-refractivity contribution in [2.75, 3.05) is 74.8 Å². The Bertz CT molecular complexity index is 2850. The number of carbonyl (C=O) groups excluding carboxylic acids is 9. The average Bonchev–Trinajstić information content (AvgIpc) is 4.25. The van der Waals surface area contributed by atoms with E-state index < -0.39 is 108 Å². The van der Waals surface area contributed by atoms with Gasteiger partial charge in [0.05, 0.1) is 31.8 Å². The fourth-order valence-corrected chi connectivity index (χ4v) is 10.0. The van der Waals surface area contributed by atoms with E-state index in [1.54, 1.807) is 67.7 Å². The van der Waals surface area contributed by atoms with Gasteiger partial charge in [0.2, 0.25) is 29.4 Å². The third-order valence-electron chi connectivity index (χ3n) is 15.3. The van der Waals surface area contributed by atoms with Crippen molar-refractivity contribution in [3.8, 4) is 17.2 Å². The summed E-state index contributed by atoms with van der Waals surface area (Å²) in [6.07, 6.45) is 4.79. The predicted octanol–water partition coefficient (Wildman–Crippen LogP) is 5.58. The van der Waals surface area contributed by atoms with Crippen LogP contribution in [0.3, 0.4) is 0 Å². The second-order valence-corrected chi connectivity index (χ2v) is 22.9. The highest BCUT2D eigenvalue weighted by atomic mass is 16.5. The fourth-order valence-electron chi connectivity index (χ4n) is 10.0. The lowest BCUT2D eigenvalue weighted by molar-refractivity contribution is -0.165. The number of methoxy groups -OCH3 is 2. The van der Waals surface area contributed by atoms with Gasteiger partial charge in [-0.25, -0.2) is 9.59 Å². The van der Waals surface area contributed by atoms with Crippen molar-refractivity contribution in [2.45, 2.75) is 135 Å². The number of hydrogen-bond acceptors (Lipinski definition) is 15.